The molecule has 0 aliphatic rings. The predicted molar refractivity (Wildman–Crippen MR) is 114 cm³/mol. The summed E-state index contributed by atoms with van der Waals surface area (Å²) in [5, 5.41) is 13.5. The van der Waals surface area contributed by atoms with E-state index in [1.165, 1.54) is 24.2 Å². The van der Waals surface area contributed by atoms with Gasteiger partial charge in [-0.3, -0.25) is 9.59 Å². The molecule has 1 atom stereocenters. The molecular formula is C21H22N4O3S. The van der Waals surface area contributed by atoms with Crippen molar-refractivity contribution < 1.29 is 14.0 Å². The van der Waals surface area contributed by atoms with Crippen LogP contribution in [0, 0.1) is 13.8 Å². The van der Waals surface area contributed by atoms with Gasteiger partial charge in [0.25, 0.3) is 5.22 Å². The third-order valence-corrected chi connectivity index (χ3v) is 5.21. The van der Waals surface area contributed by atoms with Crippen LogP contribution in [0.1, 0.15) is 25.0 Å². The Morgan fingerprint density at radius 2 is 1.62 bits per heavy atom. The summed E-state index contributed by atoms with van der Waals surface area (Å²) in [4.78, 5) is 23.5. The monoisotopic (exact) mass is 410 g/mol. The number of hydrogen-bond donors (Lipinski definition) is 2. The topological polar surface area (TPSA) is 97.1 Å². The number of thioether (sulfide) groups is 1. The van der Waals surface area contributed by atoms with E-state index >= 15 is 0 Å². The van der Waals surface area contributed by atoms with Gasteiger partial charge in [0.1, 0.15) is 0 Å². The summed E-state index contributed by atoms with van der Waals surface area (Å²) >= 11 is 1.20. The SMILES string of the molecule is CC(=O)Nc1ccc(NC(=O)[C@@H](C)Sc2nnc(-c3ccc(C)c(C)c3)o2)cc1. The highest BCUT2D eigenvalue weighted by atomic mass is 32.2. The van der Waals surface area contributed by atoms with Crippen molar-refractivity contribution in [3.63, 3.8) is 0 Å². The van der Waals surface area contributed by atoms with Gasteiger partial charge in [0.2, 0.25) is 17.7 Å². The third-order valence-electron chi connectivity index (χ3n) is 4.28. The van der Waals surface area contributed by atoms with Gasteiger partial charge < -0.3 is 15.1 Å². The zero-order chi connectivity index (χ0) is 21.0. The van der Waals surface area contributed by atoms with Gasteiger partial charge in [-0.2, -0.15) is 0 Å². The number of hydrogen-bond acceptors (Lipinski definition) is 6. The van der Waals surface area contributed by atoms with Crippen molar-refractivity contribution in [3.05, 3.63) is 53.6 Å². The molecule has 0 saturated carbocycles. The largest absolute Gasteiger partial charge is 0.411 e. The summed E-state index contributed by atoms with van der Waals surface area (Å²) in [7, 11) is 0. The van der Waals surface area contributed by atoms with Crippen molar-refractivity contribution in [3.8, 4) is 11.5 Å². The molecule has 2 aromatic carbocycles. The average molecular weight is 410 g/mol. The first-order valence-corrected chi connectivity index (χ1v) is 9.96. The molecule has 0 saturated heterocycles. The molecular weight excluding hydrogens is 388 g/mol. The first kappa shape index (κ1) is 20.6. The van der Waals surface area contributed by atoms with Crippen molar-refractivity contribution in [2.45, 2.75) is 38.2 Å². The number of aromatic nitrogens is 2. The Kier molecular flexibility index (Phi) is 6.33. The standard InChI is InChI=1S/C21H22N4O3S/c1-12-5-6-16(11-13(12)2)20-24-25-21(28-20)29-14(3)19(27)23-18-9-7-17(8-10-18)22-15(4)26/h5-11,14H,1-4H3,(H,22,26)(H,23,27)/t14-/m1/s1. The van der Waals surface area contributed by atoms with E-state index in [2.05, 4.69) is 20.8 Å². The minimum Gasteiger partial charge on any atom is -0.411 e. The van der Waals surface area contributed by atoms with Gasteiger partial charge in [0.05, 0.1) is 5.25 Å². The molecule has 0 aliphatic heterocycles. The number of carbonyl (C=O) groups is 2. The molecule has 0 bridgehead atoms. The fourth-order valence-electron chi connectivity index (χ4n) is 2.54. The highest BCUT2D eigenvalue weighted by Gasteiger charge is 2.19. The lowest BCUT2D eigenvalue weighted by atomic mass is 10.1. The summed E-state index contributed by atoms with van der Waals surface area (Å²) < 4.78 is 5.71. The van der Waals surface area contributed by atoms with Gasteiger partial charge in [0.15, 0.2) is 0 Å². The summed E-state index contributed by atoms with van der Waals surface area (Å²) in [6, 6.07) is 12.8. The lowest BCUT2D eigenvalue weighted by Crippen LogP contribution is -2.22. The van der Waals surface area contributed by atoms with E-state index in [1.807, 2.05) is 32.0 Å². The summed E-state index contributed by atoms with van der Waals surface area (Å²) in [5.74, 6) is 0.0940. The molecule has 0 unspecified atom stereocenters. The normalized spacial score (nSPS) is 11.7. The zero-order valence-electron chi connectivity index (χ0n) is 16.6. The highest BCUT2D eigenvalue weighted by molar-refractivity contribution is 8.00. The highest BCUT2D eigenvalue weighted by Crippen LogP contribution is 2.27. The van der Waals surface area contributed by atoms with Crippen LogP contribution in [0.4, 0.5) is 11.4 Å². The summed E-state index contributed by atoms with van der Waals surface area (Å²) in [6.07, 6.45) is 0. The maximum atomic E-state index is 12.4. The van der Waals surface area contributed by atoms with Gasteiger partial charge >= 0.3 is 0 Å². The van der Waals surface area contributed by atoms with Crippen LogP contribution in [-0.2, 0) is 9.59 Å². The zero-order valence-corrected chi connectivity index (χ0v) is 17.5. The van der Waals surface area contributed by atoms with Crippen molar-refractivity contribution in [2.24, 2.45) is 0 Å². The Bertz CT molecular complexity index is 1030. The van der Waals surface area contributed by atoms with Gasteiger partial charge in [-0.05, 0) is 68.3 Å². The third kappa shape index (κ3) is 5.45. The maximum absolute atomic E-state index is 12.4. The van der Waals surface area contributed by atoms with E-state index in [9.17, 15) is 9.59 Å². The molecule has 0 aliphatic carbocycles. The van der Waals surface area contributed by atoms with E-state index in [0.29, 0.717) is 22.5 Å². The Balaban J connectivity index is 1.60. The molecule has 29 heavy (non-hydrogen) atoms. The second-order valence-corrected chi connectivity index (χ2v) is 7.97. The van der Waals surface area contributed by atoms with Crippen LogP contribution in [0.15, 0.2) is 52.1 Å². The lowest BCUT2D eigenvalue weighted by molar-refractivity contribution is -0.115. The Morgan fingerprint density at radius 1 is 0.966 bits per heavy atom. The first-order chi connectivity index (χ1) is 13.8. The number of rotatable bonds is 6. The lowest BCUT2D eigenvalue weighted by Gasteiger charge is -2.10. The predicted octanol–water partition coefficient (Wildman–Crippen LogP) is 4.43. The van der Waals surface area contributed by atoms with E-state index < -0.39 is 5.25 Å². The molecule has 7 nitrogen and oxygen atoms in total. The molecule has 2 N–H and O–H groups in total. The minimum absolute atomic E-state index is 0.147. The molecule has 2 amide bonds. The van der Waals surface area contributed by atoms with Crippen LogP contribution in [0.25, 0.3) is 11.5 Å². The number of nitrogens with one attached hydrogen (secondary N) is 2. The van der Waals surface area contributed by atoms with Crippen LogP contribution in [0.2, 0.25) is 0 Å². The molecule has 0 spiro atoms. The van der Waals surface area contributed by atoms with Crippen LogP contribution >= 0.6 is 11.8 Å². The number of nitrogens with zero attached hydrogens (tertiary/aromatic N) is 2. The van der Waals surface area contributed by atoms with Crippen LogP contribution < -0.4 is 10.6 Å². The Hall–Kier alpha value is -3.13. The van der Waals surface area contributed by atoms with Crippen molar-refractivity contribution in [1.82, 2.24) is 10.2 Å². The number of benzene rings is 2. The molecule has 0 fully saturated rings. The second-order valence-electron chi connectivity index (χ2n) is 6.68. The van der Waals surface area contributed by atoms with E-state index in [4.69, 9.17) is 4.42 Å². The molecule has 3 rings (SSSR count). The van der Waals surface area contributed by atoms with Gasteiger partial charge in [0, 0.05) is 23.9 Å². The van der Waals surface area contributed by atoms with Gasteiger partial charge in [-0.15, -0.1) is 10.2 Å². The molecule has 150 valence electrons. The molecule has 1 heterocycles. The number of carbonyl (C=O) groups excluding carboxylic acids is 2. The summed E-state index contributed by atoms with van der Waals surface area (Å²) in [6.45, 7) is 7.28. The Labute approximate surface area is 173 Å². The van der Waals surface area contributed by atoms with E-state index in [0.717, 1.165) is 11.1 Å². The second kappa shape index (κ2) is 8.91. The van der Waals surface area contributed by atoms with Crippen molar-refractivity contribution in [2.75, 3.05) is 10.6 Å². The number of amides is 2. The van der Waals surface area contributed by atoms with Gasteiger partial charge in [-0.1, -0.05) is 17.8 Å². The fraction of sp³-hybridized carbons (Fsp3) is 0.238. The fourth-order valence-corrected chi connectivity index (χ4v) is 3.22. The number of aryl methyl sites for hydroxylation is 2. The Morgan fingerprint density at radius 3 is 2.24 bits per heavy atom. The van der Waals surface area contributed by atoms with Crippen LogP contribution in [0.3, 0.4) is 0 Å². The van der Waals surface area contributed by atoms with Crippen LogP contribution in [-0.4, -0.2) is 27.3 Å². The average Bonchev–Trinajstić information content (AvgIpc) is 3.13. The molecule has 8 heteroatoms. The first-order valence-electron chi connectivity index (χ1n) is 9.08. The van der Waals surface area contributed by atoms with Crippen LogP contribution in [0.5, 0.6) is 0 Å². The minimum atomic E-state index is -0.432. The van der Waals surface area contributed by atoms with Gasteiger partial charge in [-0.25, -0.2) is 0 Å². The van der Waals surface area contributed by atoms with E-state index in [1.54, 1.807) is 31.2 Å². The molecule has 0 radical (unpaired) electrons. The van der Waals surface area contributed by atoms with Crippen molar-refractivity contribution >= 4 is 35.0 Å². The van der Waals surface area contributed by atoms with Crippen molar-refractivity contribution in [1.29, 1.82) is 0 Å². The molecule has 3 aromatic rings. The quantitative estimate of drug-likeness (QED) is 0.584. The maximum Gasteiger partial charge on any atom is 0.277 e. The summed E-state index contributed by atoms with van der Waals surface area (Å²) in [5.41, 5.74) is 4.50. The smallest absolute Gasteiger partial charge is 0.277 e. The number of anilines is 2. The van der Waals surface area contributed by atoms with E-state index in [-0.39, 0.29) is 11.8 Å². The molecule has 1 aromatic heterocycles.